The summed E-state index contributed by atoms with van der Waals surface area (Å²) >= 11 is 12.2. The van der Waals surface area contributed by atoms with Gasteiger partial charge in [-0.25, -0.2) is 0 Å². The van der Waals surface area contributed by atoms with E-state index in [1.54, 1.807) is 44.7 Å². The molecule has 0 aromatic heterocycles. The van der Waals surface area contributed by atoms with Gasteiger partial charge in [0, 0.05) is 28.9 Å². The van der Waals surface area contributed by atoms with Gasteiger partial charge in [-0.15, -0.1) is 24.9 Å². The minimum atomic E-state index is -0.937. The van der Waals surface area contributed by atoms with Gasteiger partial charge >= 0.3 is 0 Å². The van der Waals surface area contributed by atoms with Crippen molar-refractivity contribution in [3.05, 3.63) is 78.4 Å². The number of amides is 3. The predicted octanol–water partition coefficient (Wildman–Crippen LogP) is 6.66. The van der Waals surface area contributed by atoms with Gasteiger partial charge in [-0.2, -0.15) is 0 Å². The molecular weight excluding hydrogens is 714 g/mol. The van der Waals surface area contributed by atoms with Crippen LogP contribution in [-0.2, 0) is 14.4 Å². The minimum Gasteiger partial charge on any atom is -0.494 e. The highest BCUT2D eigenvalue weighted by molar-refractivity contribution is 9.09. The zero-order chi connectivity index (χ0) is 34.9. The molecule has 0 radical (unpaired) electrons. The van der Waals surface area contributed by atoms with Crippen LogP contribution in [0.25, 0.3) is 0 Å². The molecule has 3 aliphatic heterocycles. The number of aliphatic hydroxyl groups is 1. The number of anilines is 2. The highest BCUT2D eigenvalue weighted by atomic mass is 79.9. The molecule has 1 spiro atoms. The number of hydrogen-bond donors (Lipinski definition) is 1. The third kappa shape index (κ3) is 6.34. The Labute approximate surface area is 301 Å². The Balaban J connectivity index is 1.63. The van der Waals surface area contributed by atoms with Crippen LogP contribution in [0.5, 0.6) is 5.75 Å². The summed E-state index contributed by atoms with van der Waals surface area (Å²) < 4.78 is 4.71. The number of carbonyl (C=O) groups excluding carboxylic acids is 3. The number of alkyl halides is 1. The first-order valence-electron chi connectivity index (χ1n) is 16.5. The molecule has 3 heterocycles. The molecule has 11 heteroatoms. The Morgan fingerprint density at radius 2 is 1.81 bits per heavy atom. The van der Waals surface area contributed by atoms with E-state index in [2.05, 4.69) is 29.1 Å². The van der Waals surface area contributed by atoms with Gasteiger partial charge in [0.15, 0.2) is 0 Å². The van der Waals surface area contributed by atoms with Crippen LogP contribution in [0, 0.1) is 24.7 Å². The second kappa shape index (κ2) is 15.0. The highest BCUT2D eigenvalue weighted by Gasteiger charge is 2.76. The lowest BCUT2D eigenvalue weighted by atomic mass is 9.70. The van der Waals surface area contributed by atoms with Gasteiger partial charge in [0.25, 0.3) is 5.91 Å². The van der Waals surface area contributed by atoms with E-state index in [0.29, 0.717) is 41.6 Å². The van der Waals surface area contributed by atoms with Gasteiger partial charge in [0.1, 0.15) is 11.8 Å². The Bertz CT molecular complexity index is 1540. The van der Waals surface area contributed by atoms with Crippen molar-refractivity contribution in [3.63, 3.8) is 0 Å². The second-order valence-corrected chi connectivity index (χ2v) is 16.3. The number of para-hydroxylation sites is 1. The van der Waals surface area contributed by atoms with Crippen molar-refractivity contribution in [3.8, 4) is 5.75 Å². The summed E-state index contributed by atoms with van der Waals surface area (Å²) in [5, 5.41) is 10.9. The van der Waals surface area contributed by atoms with E-state index in [-0.39, 0.29) is 53.4 Å². The second-order valence-electron chi connectivity index (χ2n) is 13.2. The highest BCUT2D eigenvalue weighted by Crippen LogP contribution is 2.68. The van der Waals surface area contributed by atoms with Crippen molar-refractivity contribution < 1.29 is 24.2 Å². The van der Waals surface area contributed by atoms with Crippen molar-refractivity contribution in [2.75, 3.05) is 36.1 Å². The van der Waals surface area contributed by atoms with Crippen LogP contribution in [0.15, 0.2) is 67.8 Å². The van der Waals surface area contributed by atoms with Crippen LogP contribution < -0.4 is 14.5 Å². The molecule has 3 saturated heterocycles. The molecule has 1 N–H and O–H groups in total. The van der Waals surface area contributed by atoms with E-state index < -0.39 is 28.7 Å². The van der Waals surface area contributed by atoms with Crippen LogP contribution >= 0.6 is 39.3 Å². The first-order chi connectivity index (χ1) is 22.9. The monoisotopic (exact) mass is 757 g/mol. The summed E-state index contributed by atoms with van der Waals surface area (Å²) in [5.41, 5.74) is 2.05. The fourth-order valence-electron chi connectivity index (χ4n) is 7.90. The average Bonchev–Trinajstić information content (AvgIpc) is 3.65. The molecule has 2 aromatic rings. The molecular formula is C37H45BrClN3O5S. The quantitative estimate of drug-likeness (QED) is 0.171. The van der Waals surface area contributed by atoms with Gasteiger partial charge in [0.05, 0.1) is 46.5 Å². The van der Waals surface area contributed by atoms with Gasteiger partial charge in [-0.1, -0.05) is 65.7 Å². The molecule has 258 valence electrons. The molecule has 3 fully saturated rings. The number of nitrogens with zero attached hydrogens (tertiary/aromatic N) is 3. The number of carbonyl (C=O) groups is 3. The first kappa shape index (κ1) is 36.5. The number of thioether (sulfide) groups is 1. The summed E-state index contributed by atoms with van der Waals surface area (Å²) in [4.78, 5) is 49.7. The summed E-state index contributed by atoms with van der Waals surface area (Å²) in [6, 6.07) is 11.3. The topological polar surface area (TPSA) is 90.4 Å². The van der Waals surface area contributed by atoms with Crippen LogP contribution in [0.4, 0.5) is 11.4 Å². The van der Waals surface area contributed by atoms with E-state index in [9.17, 15) is 14.7 Å². The SMILES string of the molecule is C=CCN(C(=O)[C@H]1[C@H]2C(=O)N([C@@H](CO)CC(C)C)C(C(=O)N(CC=C)c3c(C)cccc3Cl)C23CC(Br)[C@@H]1S3)c1ccc(OCC)cc1. The van der Waals surface area contributed by atoms with Gasteiger partial charge in [-0.05, 0) is 68.5 Å². The van der Waals surface area contributed by atoms with E-state index >= 15 is 4.79 Å². The lowest BCUT2D eigenvalue weighted by Crippen LogP contribution is -2.58. The van der Waals surface area contributed by atoms with Crippen molar-refractivity contribution in [1.82, 2.24) is 4.90 Å². The molecule has 3 unspecified atom stereocenters. The van der Waals surface area contributed by atoms with Crippen LogP contribution in [0.3, 0.4) is 0 Å². The summed E-state index contributed by atoms with van der Waals surface area (Å²) in [5.74, 6) is -1.38. The smallest absolute Gasteiger partial charge is 0.251 e. The lowest BCUT2D eigenvalue weighted by molar-refractivity contribution is -0.142. The lowest BCUT2D eigenvalue weighted by Gasteiger charge is -2.40. The van der Waals surface area contributed by atoms with E-state index in [1.165, 1.54) is 0 Å². The third-order valence-electron chi connectivity index (χ3n) is 9.67. The Hall–Kier alpha value is -2.79. The maximum atomic E-state index is 15.1. The maximum Gasteiger partial charge on any atom is 0.251 e. The average molecular weight is 759 g/mol. The van der Waals surface area contributed by atoms with Crippen molar-refractivity contribution in [1.29, 1.82) is 0 Å². The fourth-order valence-corrected chi connectivity index (χ4v) is 11.8. The Morgan fingerprint density at radius 1 is 1.15 bits per heavy atom. The molecule has 48 heavy (non-hydrogen) atoms. The normalized spacial score (nSPS) is 26.4. The molecule has 7 atom stereocenters. The number of rotatable bonds is 14. The molecule has 5 rings (SSSR count). The van der Waals surface area contributed by atoms with Gasteiger partial charge < -0.3 is 24.5 Å². The molecule has 0 saturated carbocycles. The third-order valence-corrected chi connectivity index (χ3v) is 13.2. The number of halogens is 2. The first-order valence-corrected chi connectivity index (χ1v) is 18.7. The van der Waals surface area contributed by atoms with Crippen molar-refractivity contribution in [2.45, 2.75) is 67.4 Å². The Kier molecular flexibility index (Phi) is 11.4. The fraction of sp³-hybridized carbons (Fsp3) is 0.486. The molecule has 8 nitrogen and oxygen atoms in total. The summed E-state index contributed by atoms with van der Waals surface area (Å²) in [6.07, 6.45) is 4.34. The number of benzene rings is 2. The maximum absolute atomic E-state index is 15.1. The summed E-state index contributed by atoms with van der Waals surface area (Å²) in [6.45, 7) is 16.3. The van der Waals surface area contributed by atoms with E-state index in [0.717, 1.165) is 5.56 Å². The van der Waals surface area contributed by atoms with E-state index in [1.807, 2.05) is 64.1 Å². The zero-order valence-electron chi connectivity index (χ0n) is 28.0. The predicted molar refractivity (Wildman–Crippen MR) is 198 cm³/mol. The largest absolute Gasteiger partial charge is 0.494 e. The van der Waals surface area contributed by atoms with Crippen LogP contribution in [0.2, 0.25) is 5.02 Å². The zero-order valence-corrected chi connectivity index (χ0v) is 31.1. The van der Waals surface area contributed by atoms with Crippen molar-refractivity contribution in [2.24, 2.45) is 17.8 Å². The number of aliphatic hydroxyl groups excluding tert-OH is 1. The number of ether oxygens (including phenoxy) is 1. The minimum absolute atomic E-state index is 0.116. The molecule has 3 amide bonds. The standard InChI is InChI=1S/C37H45BrClN3O5S/c1-7-17-40(24-13-15-26(16-14-24)47-9-3)34(44)29-30-35(45)42(25(21-43)19-22(4)5)33(37(30)20-27(38)32(29)48-37)36(46)41(18-8-2)31-23(6)11-10-12-28(31)39/h7-8,10-16,22,25,27,29-30,32-33,43H,1-2,9,17-21H2,3-6H3/t25-,27?,29+,30+,32+,33?,37?/m1/s1. The molecule has 3 aliphatic rings. The van der Waals surface area contributed by atoms with E-state index in [4.69, 9.17) is 16.3 Å². The number of aryl methyl sites for hydroxylation is 1. The Morgan fingerprint density at radius 3 is 2.40 bits per heavy atom. The van der Waals surface area contributed by atoms with Gasteiger partial charge in [0.2, 0.25) is 11.8 Å². The van der Waals surface area contributed by atoms with Gasteiger partial charge in [-0.3, -0.25) is 14.4 Å². The molecule has 2 aromatic carbocycles. The van der Waals surface area contributed by atoms with Crippen LogP contribution in [-0.4, -0.2) is 80.9 Å². The number of fused-ring (bicyclic) bond motifs is 1. The number of hydrogen-bond acceptors (Lipinski definition) is 6. The summed E-state index contributed by atoms with van der Waals surface area (Å²) in [7, 11) is 0. The molecule has 2 bridgehead atoms. The molecule has 0 aliphatic carbocycles. The van der Waals surface area contributed by atoms with Crippen molar-refractivity contribution >= 4 is 68.4 Å². The van der Waals surface area contributed by atoms with Crippen LogP contribution in [0.1, 0.15) is 39.2 Å². The number of likely N-dealkylation sites (tertiary alicyclic amines) is 1.